The summed E-state index contributed by atoms with van der Waals surface area (Å²) >= 11 is 1.81. The lowest BCUT2D eigenvalue weighted by Gasteiger charge is -2.30. The van der Waals surface area contributed by atoms with Gasteiger partial charge in [0.2, 0.25) is 17.7 Å². The summed E-state index contributed by atoms with van der Waals surface area (Å²) in [6.45, 7) is 1.25. The van der Waals surface area contributed by atoms with Crippen molar-refractivity contribution >= 4 is 58.2 Å². The maximum atomic E-state index is 14.0. The Morgan fingerprint density at radius 1 is 0.913 bits per heavy atom. The standard InChI is InChI=1S/C32H24F3N3O6S2/c1-2-44-30(42)18-12-14-19(15-13-18)38-27(40)24-23(17-8-4-3-5-9-17)26-29(45-25(24)28(38)41)37(31(43)46-26)16-22(39)36-21-11-7-6-10-20(21)32(33,34)35/h3-15,23-25H,2,16H2,1H3,(H,36,39). The summed E-state index contributed by atoms with van der Waals surface area (Å²) in [6.07, 6.45) is -4.71. The summed E-state index contributed by atoms with van der Waals surface area (Å²) in [6, 6.07) is 19.3. The number of anilines is 2. The van der Waals surface area contributed by atoms with Crippen molar-refractivity contribution in [1.29, 1.82) is 0 Å². The number of alkyl halides is 3. The molecule has 1 N–H and O–H groups in total. The lowest BCUT2D eigenvalue weighted by molar-refractivity contribution is -0.137. The molecule has 2 aliphatic heterocycles. The zero-order valence-corrected chi connectivity index (χ0v) is 25.6. The lowest BCUT2D eigenvalue weighted by atomic mass is 9.83. The molecule has 2 aliphatic rings. The van der Waals surface area contributed by atoms with Gasteiger partial charge in [0.1, 0.15) is 11.8 Å². The molecule has 3 atom stereocenters. The molecule has 0 radical (unpaired) electrons. The molecule has 0 saturated carbocycles. The topological polar surface area (TPSA) is 115 Å². The van der Waals surface area contributed by atoms with E-state index in [9.17, 15) is 37.1 Å². The van der Waals surface area contributed by atoms with E-state index in [1.54, 1.807) is 37.3 Å². The molecular formula is C32H24F3N3O6S2. The van der Waals surface area contributed by atoms with Crippen LogP contribution in [-0.4, -0.2) is 40.1 Å². The van der Waals surface area contributed by atoms with Gasteiger partial charge in [0, 0.05) is 10.8 Å². The van der Waals surface area contributed by atoms with Crippen LogP contribution in [0.5, 0.6) is 0 Å². The highest BCUT2D eigenvalue weighted by Crippen LogP contribution is 2.53. The van der Waals surface area contributed by atoms with Gasteiger partial charge in [-0.15, -0.1) is 0 Å². The number of aromatic nitrogens is 1. The normalized spacial score (nSPS) is 19.0. The first-order valence-corrected chi connectivity index (χ1v) is 15.8. The van der Waals surface area contributed by atoms with Crippen LogP contribution in [0.25, 0.3) is 0 Å². The van der Waals surface area contributed by atoms with E-state index < -0.39 is 69.6 Å². The Hall–Kier alpha value is -4.69. The molecule has 3 unspecified atom stereocenters. The Bertz CT molecular complexity index is 1910. The average molecular weight is 668 g/mol. The number of rotatable bonds is 7. The van der Waals surface area contributed by atoms with Gasteiger partial charge in [0.05, 0.1) is 40.1 Å². The minimum absolute atomic E-state index is 0.183. The minimum atomic E-state index is -4.71. The van der Waals surface area contributed by atoms with Crippen molar-refractivity contribution in [3.63, 3.8) is 0 Å². The van der Waals surface area contributed by atoms with E-state index in [0.29, 0.717) is 15.5 Å². The molecule has 9 nitrogen and oxygen atoms in total. The van der Waals surface area contributed by atoms with Crippen LogP contribution in [0.4, 0.5) is 24.5 Å². The number of para-hydroxylation sites is 1. The number of hydrogen-bond donors (Lipinski definition) is 1. The Morgan fingerprint density at radius 3 is 2.26 bits per heavy atom. The predicted molar refractivity (Wildman–Crippen MR) is 165 cm³/mol. The van der Waals surface area contributed by atoms with E-state index in [1.165, 1.54) is 36.4 Å². The molecule has 3 heterocycles. The molecule has 46 heavy (non-hydrogen) atoms. The van der Waals surface area contributed by atoms with Gasteiger partial charge in [0.15, 0.2) is 0 Å². The molecule has 0 bridgehead atoms. The molecule has 1 aromatic heterocycles. The van der Waals surface area contributed by atoms with Crippen molar-refractivity contribution in [2.75, 3.05) is 16.8 Å². The minimum Gasteiger partial charge on any atom is -0.462 e. The maximum Gasteiger partial charge on any atom is 0.418 e. The molecule has 1 fully saturated rings. The van der Waals surface area contributed by atoms with Crippen LogP contribution in [0.15, 0.2) is 88.7 Å². The van der Waals surface area contributed by atoms with Gasteiger partial charge < -0.3 is 10.1 Å². The van der Waals surface area contributed by atoms with E-state index >= 15 is 0 Å². The molecule has 6 rings (SSSR count). The number of ether oxygens (including phenoxy) is 1. The van der Waals surface area contributed by atoms with Crippen LogP contribution in [0.2, 0.25) is 0 Å². The van der Waals surface area contributed by atoms with Crippen LogP contribution in [-0.2, 0) is 31.8 Å². The van der Waals surface area contributed by atoms with Gasteiger partial charge in [-0.25, -0.2) is 9.69 Å². The van der Waals surface area contributed by atoms with Gasteiger partial charge in [-0.2, -0.15) is 13.2 Å². The van der Waals surface area contributed by atoms with E-state index in [0.717, 1.165) is 44.7 Å². The van der Waals surface area contributed by atoms with E-state index in [1.807, 2.05) is 0 Å². The number of carbonyl (C=O) groups excluding carboxylic acids is 4. The number of thiazole rings is 1. The second kappa shape index (κ2) is 12.2. The van der Waals surface area contributed by atoms with Crippen molar-refractivity contribution < 1.29 is 37.1 Å². The first kappa shape index (κ1) is 31.3. The molecule has 0 spiro atoms. The molecule has 3 amide bonds. The SMILES string of the molecule is CCOC(=O)c1ccc(N2C(=O)C3Sc4c(sc(=O)n4CC(=O)Nc4ccccc4C(F)(F)F)C(c4ccccc4)C3C2=O)cc1. The Morgan fingerprint density at radius 2 is 1.59 bits per heavy atom. The van der Waals surface area contributed by atoms with Crippen LogP contribution >= 0.6 is 23.1 Å². The molecule has 14 heteroatoms. The quantitative estimate of drug-likeness (QED) is 0.203. The van der Waals surface area contributed by atoms with E-state index in [2.05, 4.69) is 5.32 Å². The van der Waals surface area contributed by atoms with Gasteiger partial charge >= 0.3 is 17.0 Å². The highest BCUT2D eigenvalue weighted by atomic mass is 32.2. The predicted octanol–water partition coefficient (Wildman–Crippen LogP) is 5.54. The maximum absolute atomic E-state index is 14.0. The number of hydrogen-bond acceptors (Lipinski definition) is 8. The zero-order valence-electron chi connectivity index (χ0n) is 23.9. The number of fused-ring (bicyclic) bond motifs is 2. The summed E-state index contributed by atoms with van der Waals surface area (Å²) < 4.78 is 46.7. The number of thioether (sulfide) groups is 1. The van der Waals surface area contributed by atoms with Crippen LogP contribution in [0.1, 0.15) is 39.2 Å². The average Bonchev–Trinajstić information content (AvgIpc) is 3.47. The smallest absolute Gasteiger partial charge is 0.418 e. The number of nitrogens with zero attached hydrogens (tertiary/aromatic N) is 2. The Balaban J connectivity index is 1.35. The fourth-order valence-corrected chi connectivity index (χ4v) is 8.44. The van der Waals surface area contributed by atoms with Crippen molar-refractivity contribution in [2.24, 2.45) is 5.92 Å². The molecule has 236 valence electrons. The van der Waals surface area contributed by atoms with E-state index in [4.69, 9.17) is 4.74 Å². The van der Waals surface area contributed by atoms with Gasteiger partial charge in [0.25, 0.3) is 0 Å². The van der Waals surface area contributed by atoms with Crippen molar-refractivity contribution in [3.8, 4) is 0 Å². The number of nitrogens with one attached hydrogen (secondary N) is 1. The number of carbonyl (C=O) groups is 4. The summed E-state index contributed by atoms with van der Waals surface area (Å²) in [5.74, 6) is -4.04. The van der Waals surface area contributed by atoms with Crippen LogP contribution in [0.3, 0.4) is 0 Å². The van der Waals surface area contributed by atoms with Gasteiger partial charge in [-0.05, 0) is 48.9 Å². The number of esters is 1. The van der Waals surface area contributed by atoms with Crippen molar-refractivity contribution in [2.45, 2.75) is 35.8 Å². The lowest BCUT2D eigenvalue weighted by Crippen LogP contribution is -2.33. The van der Waals surface area contributed by atoms with Gasteiger partial charge in [-0.1, -0.05) is 65.6 Å². The largest absolute Gasteiger partial charge is 0.462 e. The number of amides is 3. The third kappa shape index (κ3) is 5.62. The van der Waals surface area contributed by atoms with Crippen molar-refractivity contribution in [1.82, 2.24) is 4.57 Å². The highest BCUT2D eigenvalue weighted by Gasteiger charge is 2.56. The second-order valence-electron chi connectivity index (χ2n) is 10.4. The summed E-state index contributed by atoms with van der Waals surface area (Å²) in [7, 11) is 0. The molecule has 1 saturated heterocycles. The number of imide groups is 1. The molecule has 4 aromatic rings. The second-order valence-corrected chi connectivity index (χ2v) is 12.6. The molecular weight excluding hydrogens is 643 g/mol. The number of halogens is 3. The highest BCUT2D eigenvalue weighted by molar-refractivity contribution is 8.00. The van der Waals surface area contributed by atoms with Gasteiger partial charge in [-0.3, -0.25) is 23.7 Å². The monoisotopic (exact) mass is 667 g/mol. The third-order valence-electron chi connectivity index (χ3n) is 7.65. The fourth-order valence-electron chi connectivity index (χ4n) is 5.66. The third-order valence-corrected chi connectivity index (χ3v) is 10.3. The van der Waals surface area contributed by atoms with Crippen LogP contribution in [0, 0.1) is 5.92 Å². The summed E-state index contributed by atoms with van der Waals surface area (Å²) in [5.41, 5.74) is -0.297. The summed E-state index contributed by atoms with van der Waals surface area (Å²) in [5, 5.41) is 1.59. The zero-order chi connectivity index (χ0) is 32.7. The van der Waals surface area contributed by atoms with E-state index in [-0.39, 0.29) is 17.9 Å². The summed E-state index contributed by atoms with van der Waals surface area (Å²) in [4.78, 5) is 67.4. The van der Waals surface area contributed by atoms with Crippen LogP contribution < -0.4 is 15.1 Å². The Kier molecular flexibility index (Phi) is 8.33. The first-order valence-electron chi connectivity index (χ1n) is 14.1. The van der Waals surface area contributed by atoms with Crippen molar-refractivity contribution in [3.05, 3.63) is 110 Å². The number of benzene rings is 3. The first-order chi connectivity index (χ1) is 22.0. The molecule has 0 aliphatic carbocycles. The molecule has 3 aromatic carbocycles. The Labute approximate surface area is 268 Å². The fraction of sp³-hybridized carbons (Fsp3) is 0.219.